The van der Waals surface area contributed by atoms with E-state index in [1.54, 1.807) is 6.08 Å². The van der Waals surface area contributed by atoms with E-state index in [1.165, 1.54) is 0 Å². The third-order valence-corrected chi connectivity index (χ3v) is 1.63. The molecule has 0 aromatic rings. The summed E-state index contributed by atoms with van der Waals surface area (Å²) in [6.07, 6.45) is 11.1. The number of terminal acetylenes is 1. The average Bonchev–Trinajstić information content (AvgIpc) is 2.17. The Labute approximate surface area is 85.7 Å². The fourth-order valence-electron chi connectivity index (χ4n) is 0.947. The number of carbonyl (C=O) groups is 1. The topological polar surface area (TPSA) is 55.1 Å². The molecule has 1 atom stereocenters. The van der Waals surface area contributed by atoms with Crippen LogP contribution in [-0.4, -0.2) is 18.5 Å². The van der Waals surface area contributed by atoms with Crippen LogP contribution in [0.15, 0.2) is 12.2 Å². The monoisotopic (exact) mass is 194 g/mol. The first-order chi connectivity index (χ1) is 6.74. The quantitative estimate of drug-likeness (QED) is 0.485. The minimum absolute atomic E-state index is 0.00662. The Morgan fingerprint density at radius 3 is 2.93 bits per heavy atom. The van der Waals surface area contributed by atoms with Gasteiger partial charge >= 0.3 is 0 Å². The number of carbonyl (C=O) groups excluding carboxylic acids is 1. The van der Waals surface area contributed by atoms with Gasteiger partial charge in [0.15, 0.2) is 0 Å². The van der Waals surface area contributed by atoms with E-state index in [2.05, 4.69) is 11.2 Å². The van der Waals surface area contributed by atoms with E-state index in [-0.39, 0.29) is 11.9 Å². The lowest BCUT2D eigenvalue weighted by Gasteiger charge is -2.07. The summed E-state index contributed by atoms with van der Waals surface area (Å²) in [5, 5.41) is 2.72. The molecule has 0 heterocycles. The molecule has 0 spiro atoms. The van der Waals surface area contributed by atoms with Gasteiger partial charge in [0.1, 0.15) is 6.04 Å². The van der Waals surface area contributed by atoms with Crippen molar-refractivity contribution in [3.63, 3.8) is 0 Å². The van der Waals surface area contributed by atoms with Crippen molar-refractivity contribution in [2.75, 3.05) is 6.54 Å². The van der Waals surface area contributed by atoms with Gasteiger partial charge in [0.05, 0.1) is 0 Å². The van der Waals surface area contributed by atoms with E-state index in [9.17, 15) is 4.79 Å². The van der Waals surface area contributed by atoms with Crippen LogP contribution in [0.5, 0.6) is 0 Å². The minimum atomic E-state index is -0.305. The number of hydrogen-bond donors (Lipinski definition) is 2. The lowest BCUT2D eigenvalue weighted by atomic mass is 10.2. The molecule has 1 unspecified atom stereocenters. The Bertz CT molecular complexity index is 228. The van der Waals surface area contributed by atoms with E-state index >= 15 is 0 Å². The maximum absolute atomic E-state index is 11.2. The molecule has 3 nitrogen and oxygen atoms in total. The maximum atomic E-state index is 11.2. The van der Waals surface area contributed by atoms with Gasteiger partial charge in [-0.1, -0.05) is 25.0 Å². The van der Waals surface area contributed by atoms with E-state index in [1.807, 2.05) is 13.0 Å². The lowest BCUT2D eigenvalue weighted by molar-refractivity contribution is -0.121. The number of amides is 1. The van der Waals surface area contributed by atoms with Crippen molar-refractivity contribution in [3.05, 3.63) is 12.2 Å². The highest BCUT2D eigenvalue weighted by atomic mass is 16.1. The van der Waals surface area contributed by atoms with Crippen LogP contribution in [0.4, 0.5) is 0 Å². The first kappa shape index (κ1) is 12.7. The second kappa shape index (κ2) is 8.33. The summed E-state index contributed by atoms with van der Waals surface area (Å²) in [5.41, 5.74) is 5.31. The van der Waals surface area contributed by atoms with Gasteiger partial charge in [-0.2, -0.15) is 0 Å². The molecule has 0 saturated carbocycles. The van der Waals surface area contributed by atoms with Crippen molar-refractivity contribution in [2.45, 2.75) is 32.2 Å². The molecule has 0 rings (SSSR count). The Kier molecular flexibility index (Phi) is 7.58. The van der Waals surface area contributed by atoms with Crippen LogP contribution in [0, 0.1) is 12.3 Å². The number of rotatable bonds is 6. The third-order valence-electron chi connectivity index (χ3n) is 1.63. The molecular formula is C11H18N2O. The number of nitrogens with two attached hydrogens (primary N) is 1. The van der Waals surface area contributed by atoms with Crippen LogP contribution in [0.25, 0.3) is 0 Å². The first-order valence-corrected chi connectivity index (χ1v) is 4.86. The van der Waals surface area contributed by atoms with Gasteiger partial charge < -0.3 is 11.1 Å². The third kappa shape index (κ3) is 6.27. The molecule has 0 aliphatic rings. The molecule has 0 radical (unpaired) electrons. The zero-order chi connectivity index (χ0) is 10.8. The standard InChI is InChI=1S/C11H18N2O/c1-3-7-11(14)13-10(4-2)8-5-6-9-12/h2,5,8,10H,3,6-7,9,12H2,1H3,(H,13,14). The van der Waals surface area contributed by atoms with E-state index in [0.717, 1.165) is 12.8 Å². The van der Waals surface area contributed by atoms with Gasteiger partial charge in [-0.15, -0.1) is 6.42 Å². The van der Waals surface area contributed by atoms with Crippen LogP contribution < -0.4 is 11.1 Å². The van der Waals surface area contributed by atoms with Crippen LogP contribution >= 0.6 is 0 Å². The summed E-state index contributed by atoms with van der Waals surface area (Å²) in [4.78, 5) is 11.2. The van der Waals surface area contributed by atoms with Crippen LogP contribution in [0.2, 0.25) is 0 Å². The van der Waals surface area contributed by atoms with Crippen LogP contribution in [0.3, 0.4) is 0 Å². The van der Waals surface area contributed by atoms with Crippen LogP contribution in [0.1, 0.15) is 26.2 Å². The van der Waals surface area contributed by atoms with E-state index in [0.29, 0.717) is 13.0 Å². The Balaban J connectivity index is 3.91. The van der Waals surface area contributed by atoms with Crippen molar-refractivity contribution in [1.82, 2.24) is 5.32 Å². The van der Waals surface area contributed by atoms with Gasteiger partial charge in [-0.05, 0) is 19.4 Å². The highest BCUT2D eigenvalue weighted by Crippen LogP contribution is 1.91. The van der Waals surface area contributed by atoms with Crippen molar-refractivity contribution < 1.29 is 4.79 Å². The molecule has 0 aliphatic heterocycles. The van der Waals surface area contributed by atoms with Crippen molar-refractivity contribution in [3.8, 4) is 12.3 Å². The molecule has 0 saturated heterocycles. The highest BCUT2D eigenvalue weighted by molar-refractivity contribution is 5.76. The summed E-state index contributed by atoms with van der Waals surface area (Å²) < 4.78 is 0. The summed E-state index contributed by atoms with van der Waals surface area (Å²) in [7, 11) is 0. The van der Waals surface area contributed by atoms with E-state index in [4.69, 9.17) is 12.2 Å². The summed E-state index contributed by atoms with van der Waals surface area (Å²) >= 11 is 0. The fourth-order valence-corrected chi connectivity index (χ4v) is 0.947. The Hall–Kier alpha value is -1.27. The van der Waals surface area contributed by atoms with Crippen LogP contribution in [-0.2, 0) is 4.79 Å². The normalized spacial score (nSPS) is 12.4. The second-order valence-electron chi connectivity index (χ2n) is 2.97. The average molecular weight is 194 g/mol. The molecule has 1 amide bonds. The molecule has 0 aliphatic carbocycles. The molecule has 0 aromatic carbocycles. The molecular weight excluding hydrogens is 176 g/mol. The number of hydrogen-bond acceptors (Lipinski definition) is 2. The van der Waals surface area contributed by atoms with Gasteiger partial charge in [-0.25, -0.2) is 0 Å². The first-order valence-electron chi connectivity index (χ1n) is 4.86. The van der Waals surface area contributed by atoms with Crippen molar-refractivity contribution >= 4 is 5.91 Å². The molecule has 0 fully saturated rings. The van der Waals surface area contributed by atoms with Gasteiger partial charge in [0.2, 0.25) is 5.91 Å². The Morgan fingerprint density at radius 1 is 1.71 bits per heavy atom. The summed E-state index contributed by atoms with van der Waals surface area (Å²) in [6, 6.07) is -0.305. The zero-order valence-electron chi connectivity index (χ0n) is 8.62. The van der Waals surface area contributed by atoms with Gasteiger partial charge in [0.25, 0.3) is 0 Å². The SMILES string of the molecule is C#CC(C=CCCN)NC(=O)CCC. The number of nitrogens with one attached hydrogen (secondary N) is 1. The largest absolute Gasteiger partial charge is 0.339 e. The fraction of sp³-hybridized carbons (Fsp3) is 0.545. The lowest BCUT2D eigenvalue weighted by Crippen LogP contribution is -2.31. The zero-order valence-corrected chi connectivity index (χ0v) is 8.62. The van der Waals surface area contributed by atoms with Gasteiger partial charge in [-0.3, -0.25) is 4.79 Å². The molecule has 3 heteroatoms. The maximum Gasteiger partial charge on any atom is 0.221 e. The van der Waals surface area contributed by atoms with Crippen molar-refractivity contribution in [2.24, 2.45) is 5.73 Å². The predicted molar refractivity (Wildman–Crippen MR) is 58.5 cm³/mol. The predicted octanol–water partition coefficient (Wildman–Crippen LogP) is 0.809. The van der Waals surface area contributed by atoms with E-state index < -0.39 is 0 Å². The summed E-state index contributed by atoms with van der Waals surface area (Å²) in [5.74, 6) is 2.48. The van der Waals surface area contributed by atoms with Gasteiger partial charge in [0, 0.05) is 6.42 Å². The Morgan fingerprint density at radius 2 is 2.43 bits per heavy atom. The highest BCUT2D eigenvalue weighted by Gasteiger charge is 2.03. The smallest absolute Gasteiger partial charge is 0.221 e. The summed E-state index contributed by atoms with van der Waals surface area (Å²) in [6.45, 7) is 2.55. The molecule has 14 heavy (non-hydrogen) atoms. The molecule has 3 N–H and O–H groups in total. The molecule has 78 valence electrons. The molecule has 0 aromatic heterocycles. The second-order valence-corrected chi connectivity index (χ2v) is 2.97. The molecule has 0 bridgehead atoms. The van der Waals surface area contributed by atoms with Crippen molar-refractivity contribution in [1.29, 1.82) is 0 Å². The minimum Gasteiger partial charge on any atom is -0.339 e.